The lowest BCUT2D eigenvalue weighted by atomic mass is 9.54. The predicted octanol–water partition coefficient (Wildman–Crippen LogP) is 2.24. The van der Waals surface area contributed by atoms with Crippen LogP contribution >= 0.6 is 11.6 Å². The van der Waals surface area contributed by atoms with Gasteiger partial charge in [-0.15, -0.1) is 11.6 Å². The molecule has 0 aromatic heterocycles. The van der Waals surface area contributed by atoms with Crippen molar-refractivity contribution < 1.29 is 48.0 Å². The minimum atomic E-state index is -2.11. The van der Waals surface area contributed by atoms with Crippen LogP contribution in [0.2, 0.25) is 0 Å². The molecule has 0 aromatic rings. The van der Waals surface area contributed by atoms with Crippen LogP contribution in [0.5, 0.6) is 0 Å². The highest BCUT2D eigenvalue weighted by Gasteiger charge is 2.75. The number of fused-ring (bicyclic) bond motifs is 4. The maximum atomic E-state index is 12.9. The molecule has 12 atom stereocenters. The zero-order chi connectivity index (χ0) is 28.3. The highest BCUT2D eigenvalue weighted by molar-refractivity contribution is 6.23. The van der Waals surface area contributed by atoms with Gasteiger partial charge in [0.1, 0.15) is 24.4 Å². The number of esters is 4. The molecule has 38 heavy (non-hydrogen) atoms. The molecule has 11 heteroatoms. The van der Waals surface area contributed by atoms with Crippen LogP contribution in [-0.4, -0.2) is 76.6 Å². The van der Waals surface area contributed by atoms with Crippen molar-refractivity contribution in [3.63, 3.8) is 0 Å². The Labute approximate surface area is 226 Å². The van der Waals surface area contributed by atoms with Gasteiger partial charge in [0.25, 0.3) is 0 Å². The number of rotatable bonds is 4. The summed E-state index contributed by atoms with van der Waals surface area (Å²) in [5.74, 6) is -5.02. The van der Waals surface area contributed by atoms with Gasteiger partial charge < -0.3 is 28.8 Å². The van der Waals surface area contributed by atoms with Crippen molar-refractivity contribution in [3.05, 3.63) is 24.3 Å². The van der Waals surface area contributed by atoms with Gasteiger partial charge in [0.05, 0.1) is 17.4 Å². The van der Waals surface area contributed by atoms with E-state index in [9.17, 15) is 24.3 Å². The van der Waals surface area contributed by atoms with E-state index in [0.29, 0.717) is 5.57 Å². The summed E-state index contributed by atoms with van der Waals surface area (Å²) in [6, 6.07) is 0. The Morgan fingerprint density at radius 2 is 1.76 bits per heavy atom. The Bertz CT molecular complexity index is 1070. The Morgan fingerprint density at radius 3 is 2.34 bits per heavy atom. The zero-order valence-corrected chi connectivity index (χ0v) is 23.1. The smallest absolute Gasteiger partial charge is 0.312 e. The van der Waals surface area contributed by atoms with E-state index in [4.69, 9.17) is 35.3 Å². The number of epoxide rings is 1. The Balaban J connectivity index is 1.98. The van der Waals surface area contributed by atoms with Gasteiger partial charge in [-0.05, 0) is 18.6 Å². The van der Waals surface area contributed by atoms with E-state index in [2.05, 4.69) is 6.58 Å². The van der Waals surface area contributed by atoms with Gasteiger partial charge in [0.15, 0.2) is 11.7 Å². The molecular formula is C27H35ClO10. The van der Waals surface area contributed by atoms with Crippen LogP contribution in [0.25, 0.3) is 0 Å². The average Bonchev–Trinajstić information content (AvgIpc) is 3.61. The second kappa shape index (κ2) is 9.95. The maximum Gasteiger partial charge on any atom is 0.312 e. The van der Waals surface area contributed by atoms with Gasteiger partial charge in [-0.2, -0.15) is 0 Å². The summed E-state index contributed by atoms with van der Waals surface area (Å²) in [5, 5.41) is 11.3. The van der Waals surface area contributed by atoms with Crippen LogP contribution in [-0.2, 0) is 42.9 Å². The van der Waals surface area contributed by atoms with Crippen LogP contribution in [0.4, 0.5) is 0 Å². The van der Waals surface area contributed by atoms with E-state index < -0.39 is 94.6 Å². The molecule has 0 radical (unpaired) electrons. The number of aliphatic hydroxyl groups is 1. The predicted molar refractivity (Wildman–Crippen MR) is 133 cm³/mol. The van der Waals surface area contributed by atoms with E-state index in [0.717, 1.165) is 0 Å². The molecule has 4 aliphatic rings. The normalized spacial score (nSPS) is 45.6. The molecule has 0 bridgehead atoms. The maximum absolute atomic E-state index is 12.9. The highest BCUT2D eigenvalue weighted by Crippen LogP contribution is 2.62. The van der Waals surface area contributed by atoms with Crippen LogP contribution < -0.4 is 0 Å². The van der Waals surface area contributed by atoms with Crippen LogP contribution in [0, 0.1) is 23.2 Å². The van der Waals surface area contributed by atoms with Gasteiger partial charge in [-0.1, -0.05) is 33.4 Å². The first-order chi connectivity index (χ1) is 17.7. The van der Waals surface area contributed by atoms with E-state index in [-0.39, 0.29) is 6.42 Å². The number of hydrogen-bond donors (Lipinski definition) is 1. The van der Waals surface area contributed by atoms with E-state index in [1.807, 2.05) is 6.92 Å². The molecule has 1 saturated carbocycles. The van der Waals surface area contributed by atoms with Crippen molar-refractivity contribution in [2.24, 2.45) is 23.2 Å². The van der Waals surface area contributed by atoms with Crippen LogP contribution in [0.1, 0.15) is 48.0 Å². The lowest BCUT2D eigenvalue weighted by molar-refractivity contribution is -0.222. The number of ether oxygens (including phenoxy) is 5. The molecule has 210 valence electrons. The Morgan fingerprint density at radius 1 is 1.13 bits per heavy atom. The van der Waals surface area contributed by atoms with E-state index >= 15 is 0 Å². The fraction of sp³-hybridized carbons (Fsp3) is 0.704. The van der Waals surface area contributed by atoms with Gasteiger partial charge in [0.2, 0.25) is 0 Å². The highest BCUT2D eigenvalue weighted by atomic mass is 35.5. The quantitative estimate of drug-likeness (QED) is 0.238. The lowest BCUT2D eigenvalue weighted by Crippen LogP contribution is -2.68. The summed E-state index contributed by atoms with van der Waals surface area (Å²) in [4.78, 5) is 50.1. The first kappa shape index (κ1) is 28.6. The minimum absolute atomic E-state index is 0.135. The minimum Gasteiger partial charge on any atom is -0.459 e. The van der Waals surface area contributed by atoms with Crippen molar-refractivity contribution in [2.75, 3.05) is 0 Å². The third-order valence-corrected chi connectivity index (χ3v) is 9.16. The molecule has 0 amide bonds. The van der Waals surface area contributed by atoms with Gasteiger partial charge in [-0.3, -0.25) is 19.2 Å². The molecule has 2 saturated heterocycles. The van der Waals surface area contributed by atoms with Crippen molar-refractivity contribution in [2.45, 2.75) is 95.6 Å². The fourth-order valence-electron chi connectivity index (χ4n) is 6.64. The number of alkyl halides is 1. The largest absolute Gasteiger partial charge is 0.459 e. The number of allylic oxidation sites excluding steroid dienone is 1. The third kappa shape index (κ3) is 4.34. The van der Waals surface area contributed by atoms with Crippen molar-refractivity contribution in [3.8, 4) is 0 Å². The lowest BCUT2D eigenvalue weighted by Gasteiger charge is -2.54. The zero-order valence-electron chi connectivity index (χ0n) is 22.3. The first-order valence-electron chi connectivity index (χ1n) is 12.8. The van der Waals surface area contributed by atoms with E-state index in [1.165, 1.54) is 20.8 Å². The number of carbonyl (C=O) groups is 4. The Kier molecular flexibility index (Phi) is 7.48. The molecule has 0 aromatic carbocycles. The fourth-order valence-corrected chi connectivity index (χ4v) is 6.97. The van der Waals surface area contributed by atoms with Crippen LogP contribution in [0.3, 0.4) is 0 Å². The molecule has 10 nitrogen and oxygen atoms in total. The molecule has 1 N–H and O–H groups in total. The summed E-state index contributed by atoms with van der Waals surface area (Å²) >= 11 is 6.72. The van der Waals surface area contributed by atoms with Crippen molar-refractivity contribution in [1.29, 1.82) is 0 Å². The molecule has 3 fully saturated rings. The summed E-state index contributed by atoms with van der Waals surface area (Å²) < 4.78 is 29.1. The molecular weight excluding hydrogens is 520 g/mol. The Hall–Kier alpha value is -2.43. The van der Waals surface area contributed by atoms with Crippen LogP contribution in [0.15, 0.2) is 24.3 Å². The molecule has 2 aliphatic heterocycles. The summed E-state index contributed by atoms with van der Waals surface area (Å²) in [7, 11) is 0. The van der Waals surface area contributed by atoms with Gasteiger partial charge >= 0.3 is 23.9 Å². The number of carbonyl (C=O) groups excluding carboxylic acids is 4. The first-order valence-corrected chi connectivity index (χ1v) is 13.3. The molecule has 12 unspecified atom stereocenters. The molecule has 0 spiro atoms. The summed E-state index contributed by atoms with van der Waals surface area (Å²) in [6.07, 6.45) is -2.16. The van der Waals surface area contributed by atoms with Gasteiger partial charge in [0, 0.05) is 37.5 Å². The molecule has 2 aliphatic carbocycles. The second-order valence-corrected chi connectivity index (χ2v) is 11.4. The standard InChI is InChI=1S/C27H35ClO10/c1-8-17(31)36-20-12(3)18-22(35-15(6)30)27(33)13(4)25(32)38-23(27)19(28)11(2)9-10-16(34-14(5)29)26(18,7)24-21(20)37-24/h9-10,12-13,16,18-24,33H,2,8H2,1,3-7H3. The average molecular weight is 555 g/mol. The number of hydrogen-bond acceptors (Lipinski definition) is 10. The van der Waals surface area contributed by atoms with Gasteiger partial charge in [-0.25, -0.2) is 0 Å². The summed E-state index contributed by atoms with van der Waals surface area (Å²) in [6.45, 7) is 13.2. The third-order valence-electron chi connectivity index (χ3n) is 8.65. The van der Waals surface area contributed by atoms with E-state index in [1.54, 1.807) is 26.0 Å². The SMILES string of the molecule is C=C1C=CC(OC(C)=O)C2(C)C3OC3C(OC(=O)CC)C(C)C2C(OC(C)=O)C2(O)C(C)C(=O)OC2C1Cl. The summed E-state index contributed by atoms with van der Waals surface area (Å²) in [5.41, 5.74) is -2.91. The topological polar surface area (TPSA) is 138 Å². The van der Waals surface area contributed by atoms with Crippen molar-refractivity contribution >= 4 is 35.5 Å². The van der Waals surface area contributed by atoms with Crippen molar-refractivity contribution in [1.82, 2.24) is 0 Å². The molecule has 2 heterocycles. The number of halogens is 1. The monoisotopic (exact) mass is 554 g/mol. The second-order valence-electron chi connectivity index (χ2n) is 10.9. The molecule has 4 rings (SSSR count).